The SMILES string of the molecule is CCC(CCCN1C(=O)C2(COc3cc4c(cc32)OCO4)c2ccccc21)C(=O)O. The zero-order valence-electron chi connectivity index (χ0n) is 16.7. The number of carboxylic acid groups (broad SMARTS) is 1. The van der Waals surface area contributed by atoms with Crippen molar-refractivity contribution in [2.24, 2.45) is 5.92 Å². The summed E-state index contributed by atoms with van der Waals surface area (Å²) in [6.07, 6.45) is 1.74. The lowest BCUT2D eigenvalue weighted by Crippen LogP contribution is -2.43. The molecule has 30 heavy (non-hydrogen) atoms. The third-order valence-corrected chi connectivity index (χ3v) is 6.42. The molecule has 0 saturated carbocycles. The van der Waals surface area contributed by atoms with Crippen LogP contribution in [-0.4, -0.2) is 36.9 Å². The molecule has 1 spiro atoms. The van der Waals surface area contributed by atoms with E-state index in [0.29, 0.717) is 43.1 Å². The highest BCUT2D eigenvalue weighted by atomic mass is 16.7. The first kappa shape index (κ1) is 18.8. The Labute approximate surface area is 174 Å². The predicted octanol–water partition coefficient (Wildman–Crippen LogP) is 3.33. The summed E-state index contributed by atoms with van der Waals surface area (Å²) in [5.41, 5.74) is 1.66. The Bertz CT molecular complexity index is 1030. The van der Waals surface area contributed by atoms with Crippen molar-refractivity contribution >= 4 is 17.6 Å². The average molecular weight is 409 g/mol. The van der Waals surface area contributed by atoms with Crippen LogP contribution in [0.15, 0.2) is 36.4 Å². The zero-order valence-corrected chi connectivity index (χ0v) is 16.7. The number of carboxylic acids is 1. The number of hydrogen-bond acceptors (Lipinski definition) is 5. The standard InChI is InChI=1S/C23H23NO6/c1-2-14(21(25)26)6-5-9-24-17-8-4-3-7-15(17)23(22(24)27)12-28-18-11-20-19(10-16(18)23)29-13-30-20/h3-4,7-8,10-11,14H,2,5-6,9,12-13H2,1H3,(H,25,26). The highest BCUT2D eigenvalue weighted by molar-refractivity contribution is 6.11. The number of aliphatic carboxylic acids is 1. The summed E-state index contributed by atoms with van der Waals surface area (Å²) in [5, 5.41) is 9.31. The maximum atomic E-state index is 13.8. The van der Waals surface area contributed by atoms with Crippen molar-refractivity contribution in [3.8, 4) is 17.2 Å². The Morgan fingerprint density at radius 1 is 1.13 bits per heavy atom. The van der Waals surface area contributed by atoms with Gasteiger partial charge in [-0.2, -0.15) is 0 Å². The van der Waals surface area contributed by atoms with E-state index >= 15 is 0 Å². The van der Waals surface area contributed by atoms with Gasteiger partial charge < -0.3 is 24.2 Å². The van der Waals surface area contributed by atoms with E-state index in [4.69, 9.17) is 14.2 Å². The van der Waals surface area contributed by atoms with Crippen LogP contribution >= 0.6 is 0 Å². The van der Waals surface area contributed by atoms with E-state index < -0.39 is 11.4 Å². The predicted molar refractivity (Wildman–Crippen MR) is 108 cm³/mol. The van der Waals surface area contributed by atoms with Gasteiger partial charge >= 0.3 is 5.97 Å². The average Bonchev–Trinajstić information content (AvgIpc) is 3.41. The normalized spacial score (nSPS) is 21.5. The minimum absolute atomic E-state index is 0.0373. The van der Waals surface area contributed by atoms with Gasteiger partial charge in [0.2, 0.25) is 12.7 Å². The smallest absolute Gasteiger partial charge is 0.306 e. The lowest BCUT2D eigenvalue weighted by atomic mass is 9.77. The number of fused-ring (bicyclic) bond motifs is 5. The van der Waals surface area contributed by atoms with E-state index in [2.05, 4.69) is 0 Å². The highest BCUT2D eigenvalue weighted by Gasteiger charge is 2.57. The number of carbonyl (C=O) groups is 2. The van der Waals surface area contributed by atoms with Crippen molar-refractivity contribution in [2.75, 3.05) is 24.8 Å². The Morgan fingerprint density at radius 2 is 1.90 bits per heavy atom. The van der Waals surface area contributed by atoms with Gasteiger partial charge in [-0.15, -0.1) is 0 Å². The van der Waals surface area contributed by atoms with Crippen molar-refractivity contribution in [3.05, 3.63) is 47.5 Å². The van der Waals surface area contributed by atoms with E-state index in [1.165, 1.54) is 0 Å². The van der Waals surface area contributed by atoms with Gasteiger partial charge in [0.05, 0.1) is 5.92 Å². The molecule has 1 N–H and O–H groups in total. The van der Waals surface area contributed by atoms with Crippen LogP contribution in [0.25, 0.3) is 0 Å². The number of amides is 1. The number of nitrogens with zero attached hydrogens (tertiary/aromatic N) is 1. The molecule has 7 heteroatoms. The molecule has 3 aliphatic rings. The molecule has 2 aromatic carbocycles. The van der Waals surface area contributed by atoms with E-state index in [0.717, 1.165) is 16.8 Å². The summed E-state index contributed by atoms with van der Waals surface area (Å²) in [6.45, 7) is 2.73. The Kier molecular flexibility index (Phi) is 4.34. The second-order valence-electron chi connectivity index (χ2n) is 7.96. The molecule has 7 nitrogen and oxygen atoms in total. The fraction of sp³-hybridized carbons (Fsp3) is 0.391. The first-order valence-electron chi connectivity index (χ1n) is 10.3. The lowest BCUT2D eigenvalue weighted by Gasteiger charge is -2.23. The maximum absolute atomic E-state index is 13.8. The summed E-state index contributed by atoms with van der Waals surface area (Å²) in [4.78, 5) is 26.9. The lowest BCUT2D eigenvalue weighted by molar-refractivity contribution is -0.142. The molecule has 156 valence electrons. The number of benzene rings is 2. The van der Waals surface area contributed by atoms with Gasteiger partial charge in [-0.25, -0.2) is 0 Å². The van der Waals surface area contributed by atoms with E-state index in [1.807, 2.05) is 37.3 Å². The second-order valence-corrected chi connectivity index (χ2v) is 7.96. The van der Waals surface area contributed by atoms with E-state index in [-0.39, 0.29) is 25.2 Å². The van der Waals surface area contributed by atoms with Crippen LogP contribution in [0.3, 0.4) is 0 Å². The number of rotatable bonds is 6. The molecule has 2 unspecified atom stereocenters. The Morgan fingerprint density at radius 3 is 2.67 bits per heavy atom. The fourth-order valence-electron chi connectivity index (χ4n) is 4.78. The van der Waals surface area contributed by atoms with Gasteiger partial charge in [0.1, 0.15) is 17.8 Å². The van der Waals surface area contributed by atoms with Crippen LogP contribution in [0, 0.1) is 5.92 Å². The maximum Gasteiger partial charge on any atom is 0.306 e. The molecule has 0 fully saturated rings. The van der Waals surface area contributed by atoms with Gasteiger partial charge in [-0.1, -0.05) is 25.1 Å². The summed E-state index contributed by atoms with van der Waals surface area (Å²) in [5.74, 6) is 0.680. The number of anilines is 1. The summed E-state index contributed by atoms with van der Waals surface area (Å²) < 4.78 is 17.0. The van der Waals surface area contributed by atoms with Crippen LogP contribution in [0.4, 0.5) is 5.69 Å². The minimum Gasteiger partial charge on any atom is -0.491 e. The highest BCUT2D eigenvalue weighted by Crippen LogP contribution is 2.55. The third-order valence-electron chi connectivity index (χ3n) is 6.42. The van der Waals surface area contributed by atoms with Gasteiger partial charge in [0.15, 0.2) is 11.5 Å². The van der Waals surface area contributed by atoms with E-state index in [9.17, 15) is 14.7 Å². The Hall–Kier alpha value is -3.22. The molecule has 0 aromatic heterocycles. The topological polar surface area (TPSA) is 85.3 Å². The van der Waals surface area contributed by atoms with Gasteiger partial charge in [-0.3, -0.25) is 9.59 Å². The van der Waals surface area contributed by atoms with E-state index in [1.54, 1.807) is 11.0 Å². The number of carbonyl (C=O) groups excluding carboxylic acids is 1. The van der Waals surface area contributed by atoms with Crippen LogP contribution in [0.5, 0.6) is 17.2 Å². The Balaban J connectivity index is 1.49. The number of para-hydroxylation sites is 1. The van der Waals surface area contributed by atoms with Gasteiger partial charge in [-0.05, 0) is 37.0 Å². The summed E-state index contributed by atoms with van der Waals surface area (Å²) in [7, 11) is 0. The molecule has 3 heterocycles. The van der Waals surface area contributed by atoms with Gasteiger partial charge in [0, 0.05) is 23.9 Å². The van der Waals surface area contributed by atoms with Crippen molar-refractivity contribution in [1.82, 2.24) is 0 Å². The van der Waals surface area contributed by atoms with Gasteiger partial charge in [0.25, 0.3) is 0 Å². The summed E-state index contributed by atoms with van der Waals surface area (Å²) >= 11 is 0. The largest absolute Gasteiger partial charge is 0.491 e. The van der Waals surface area contributed by atoms with Crippen LogP contribution < -0.4 is 19.1 Å². The minimum atomic E-state index is -0.913. The zero-order chi connectivity index (χ0) is 20.9. The molecular formula is C23H23NO6. The molecule has 0 saturated heterocycles. The molecule has 1 amide bonds. The molecule has 2 aromatic rings. The molecule has 0 radical (unpaired) electrons. The molecule has 2 atom stereocenters. The van der Waals surface area contributed by atoms with Crippen molar-refractivity contribution in [1.29, 1.82) is 0 Å². The molecule has 3 aliphatic heterocycles. The fourth-order valence-corrected chi connectivity index (χ4v) is 4.78. The molecule has 0 aliphatic carbocycles. The van der Waals surface area contributed by atoms with Crippen molar-refractivity contribution in [3.63, 3.8) is 0 Å². The molecule has 0 bridgehead atoms. The molecule has 5 rings (SSSR count). The number of hydrogen-bond donors (Lipinski definition) is 1. The van der Waals surface area contributed by atoms with Crippen molar-refractivity contribution in [2.45, 2.75) is 31.6 Å². The molecular weight excluding hydrogens is 386 g/mol. The van der Waals surface area contributed by atoms with Crippen molar-refractivity contribution < 1.29 is 28.9 Å². The third kappa shape index (κ3) is 2.57. The van der Waals surface area contributed by atoms with Crippen LogP contribution in [0.1, 0.15) is 37.3 Å². The van der Waals surface area contributed by atoms with Crippen LogP contribution in [-0.2, 0) is 15.0 Å². The van der Waals surface area contributed by atoms with Crippen LogP contribution in [0.2, 0.25) is 0 Å². The summed E-state index contributed by atoms with van der Waals surface area (Å²) in [6, 6.07) is 11.4. The first-order chi connectivity index (χ1) is 14.6. The quantitative estimate of drug-likeness (QED) is 0.788. The second kappa shape index (κ2) is 6.93. The first-order valence-corrected chi connectivity index (χ1v) is 10.3. The number of ether oxygens (including phenoxy) is 3. The monoisotopic (exact) mass is 409 g/mol.